The summed E-state index contributed by atoms with van der Waals surface area (Å²) in [6.45, 7) is 3.52. The van der Waals surface area contributed by atoms with Gasteiger partial charge in [0.1, 0.15) is 0 Å². The lowest BCUT2D eigenvalue weighted by molar-refractivity contribution is 0.0992. The first-order valence-electron chi connectivity index (χ1n) is 10.8. The van der Waals surface area contributed by atoms with Crippen LogP contribution in [0.3, 0.4) is 0 Å². The minimum absolute atomic E-state index is 0.325. The third kappa shape index (κ3) is 4.54. The Morgan fingerprint density at radius 1 is 1.18 bits per heavy atom. The van der Waals surface area contributed by atoms with Crippen molar-refractivity contribution in [3.63, 3.8) is 0 Å². The van der Waals surface area contributed by atoms with Gasteiger partial charge in [-0.2, -0.15) is 0 Å². The van der Waals surface area contributed by atoms with Crippen molar-refractivity contribution in [2.75, 3.05) is 13.7 Å². The Bertz CT molecular complexity index is 688. The number of fused-ring (bicyclic) bond motifs is 2. The van der Waals surface area contributed by atoms with Crippen LogP contribution in [0.25, 0.3) is 0 Å². The molecule has 154 valence electrons. The van der Waals surface area contributed by atoms with Gasteiger partial charge in [-0.3, -0.25) is 0 Å². The fraction of sp³-hybridized carbons (Fsp3) is 0.682. The number of nitrogens with zero attached hydrogens (tertiary/aromatic N) is 1. The molecule has 3 fully saturated rings. The average Bonchev–Trinajstić information content (AvgIpc) is 3.46. The summed E-state index contributed by atoms with van der Waals surface area (Å²) in [7, 11) is 1.70. The summed E-state index contributed by atoms with van der Waals surface area (Å²) in [6.07, 6.45) is 9.32. The third-order valence-corrected chi connectivity index (χ3v) is 6.02. The summed E-state index contributed by atoms with van der Waals surface area (Å²) < 4.78 is 17.7. The molecule has 2 N–H and O–H groups in total. The highest BCUT2D eigenvalue weighted by molar-refractivity contribution is 5.80. The molecular formula is C22H33N3O3. The smallest absolute Gasteiger partial charge is 0.191 e. The number of hydrogen-bond acceptors (Lipinski definition) is 4. The zero-order valence-corrected chi connectivity index (χ0v) is 17.1. The van der Waals surface area contributed by atoms with Crippen molar-refractivity contribution in [3.8, 4) is 11.5 Å². The number of rotatable bonds is 7. The normalized spacial score (nSPS) is 27.2. The highest BCUT2D eigenvalue weighted by Crippen LogP contribution is 2.34. The van der Waals surface area contributed by atoms with Crippen molar-refractivity contribution in [2.24, 2.45) is 4.99 Å². The maximum Gasteiger partial charge on any atom is 0.191 e. The Balaban J connectivity index is 1.39. The minimum Gasteiger partial charge on any atom is -0.493 e. The predicted molar refractivity (Wildman–Crippen MR) is 110 cm³/mol. The van der Waals surface area contributed by atoms with E-state index < -0.39 is 0 Å². The van der Waals surface area contributed by atoms with Crippen LogP contribution >= 0.6 is 0 Å². The fourth-order valence-corrected chi connectivity index (χ4v) is 4.55. The summed E-state index contributed by atoms with van der Waals surface area (Å²) in [5.74, 6) is 2.49. The van der Waals surface area contributed by atoms with E-state index in [4.69, 9.17) is 19.2 Å². The second-order valence-corrected chi connectivity index (χ2v) is 8.07. The molecule has 3 aliphatic rings. The molecule has 2 aliphatic heterocycles. The van der Waals surface area contributed by atoms with E-state index in [1.165, 1.54) is 19.3 Å². The highest BCUT2D eigenvalue weighted by atomic mass is 16.5. The molecule has 1 aliphatic carbocycles. The van der Waals surface area contributed by atoms with Gasteiger partial charge in [-0.25, -0.2) is 4.99 Å². The van der Waals surface area contributed by atoms with E-state index in [0.717, 1.165) is 55.3 Å². The van der Waals surface area contributed by atoms with Gasteiger partial charge in [0.05, 0.1) is 38.0 Å². The molecule has 0 aromatic heterocycles. The first-order valence-corrected chi connectivity index (χ1v) is 10.8. The lowest BCUT2D eigenvalue weighted by Gasteiger charge is -2.22. The summed E-state index contributed by atoms with van der Waals surface area (Å²) in [5.41, 5.74) is 1.11. The van der Waals surface area contributed by atoms with Gasteiger partial charge in [0.15, 0.2) is 17.5 Å². The predicted octanol–water partition coefficient (Wildman–Crippen LogP) is 3.39. The molecule has 1 saturated carbocycles. The SMILES string of the molecule is CCNC(=NCc1ccc(OC2CCCC2)c(OC)c1)NC1CC2CCC1O2. The topological polar surface area (TPSA) is 64.1 Å². The molecule has 28 heavy (non-hydrogen) atoms. The van der Waals surface area contributed by atoms with Crippen LogP contribution in [-0.2, 0) is 11.3 Å². The molecule has 4 rings (SSSR count). The quantitative estimate of drug-likeness (QED) is 0.555. The van der Waals surface area contributed by atoms with Crippen molar-refractivity contribution in [3.05, 3.63) is 23.8 Å². The molecule has 2 bridgehead atoms. The van der Waals surface area contributed by atoms with E-state index in [1.54, 1.807) is 7.11 Å². The van der Waals surface area contributed by atoms with Gasteiger partial charge in [-0.15, -0.1) is 0 Å². The molecule has 0 spiro atoms. The summed E-state index contributed by atoms with van der Waals surface area (Å²) >= 11 is 0. The van der Waals surface area contributed by atoms with E-state index in [-0.39, 0.29) is 0 Å². The number of benzene rings is 1. The zero-order valence-electron chi connectivity index (χ0n) is 17.1. The van der Waals surface area contributed by atoms with Crippen LogP contribution < -0.4 is 20.1 Å². The summed E-state index contributed by atoms with van der Waals surface area (Å²) in [6, 6.07) is 6.51. The van der Waals surface area contributed by atoms with Crippen LogP contribution in [0.5, 0.6) is 11.5 Å². The number of aliphatic imine (C=N–C) groups is 1. The number of guanidine groups is 1. The van der Waals surface area contributed by atoms with Crippen LogP contribution in [-0.4, -0.2) is 44.0 Å². The molecule has 3 atom stereocenters. The Kier molecular flexibility index (Phi) is 6.25. The van der Waals surface area contributed by atoms with Gasteiger partial charge in [0, 0.05) is 6.54 Å². The van der Waals surface area contributed by atoms with Gasteiger partial charge in [-0.05, 0) is 69.6 Å². The zero-order chi connectivity index (χ0) is 19.3. The van der Waals surface area contributed by atoms with E-state index in [2.05, 4.69) is 23.6 Å². The van der Waals surface area contributed by atoms with Gasteiger partial charge in [-0.1, -0.05) is 6.07 Å². The molecule has 2 saturated heterocycles. The third-order valence-electron chi connectivity index (χ3n) is 6.02. The number of ether oxygens (including phenoxy) is 3. The number of methoxy groups -OCH3 is 1. The first-order chi connectivity index (χ1) is 13.7. The second-order valence-electron chi connectivity index (χ2n) is 8.07. The molecule has 0 amide bonds. The molecule has 6 heteroatoms. The van der Waals surface area contributed by atoms with Crippen LogP contribution in [0.1, 0.15) is 57.4 Å². The highest BCUT2D eigenvalue weighted by Gasteiger charge is 2.41. The molecule has 2 heterocycles. The monoisotopic (exact) mass is 387 g/mol. The maximum absolute atomic E-state index is 6.13. The van der Waals surface area contributed by atoms with Crippen LogP contribution in [0.15, 0.2) is 23.2 Å². The largest absolute Gasteiger partial charge is 0.493 e. The van der Waals surface area contributed by atoms with Crippen molar-refractivity contribution in [1.29, 1.82) is 0 Å². The maximum atomic E-state index is 6.13. The first kappa shape index (κ1) is 19.4. The Morgan fingerprint density at radius 3 is 2.71 bits per heavy atom. The van der Waals surface area contributed by atoms with Crippen molar-refractivity contribution in [2.45, 2.75) is 82.8 Å². The van der Waals surface area contributed by atoms with Crippen molar-refractivity contribution >= 4 is 5.96 Å². The molecule has 0 radical (unpaired) electrons. The lowest BCUT2D eigenvalue weighted by Crippen LogP contribution is -2.47. The van der Waals surface area contributed by atoms with Gasteiger partial charge >= 0.3 is 0 Å². The number of hydrogen-bond donors (Lipinski definition) is 2. The van der Waals surface area contributed by atoms with E-state index in [1.807, 2.05) is 12.1 Å². The van der Waals surface area contributed by atoms with Crippen molar-refractivity contribution in [1.82, 2.24) is 10.6 Å². The summed E-state index contributed by atoms with van der Waals surface area (Å²) in [5, 5.41) is 6.92. The van der Waals surface area contributed by atoms with Gasteiger partial charge in [0.2, 0.25) is 0 Å². The Labute approximate surface area is 168 Å². The molecule has 1 aromatic rings. The molecular weight excluding hydrogens is 354 g/mol. The van der Waals surface area contributed by atoms with Crippen LogP contribution in [0.4, 0.5) is 0 Å². The Morgan fingerprint density at radius 2 is 2.04 bits per heavy atom. The molecule has 1 aromatic carbocycles. The van der Waals surface area contributed by atoms with E-state index in [9.17, 15) is 0 Å². The summed E-state index contributed by atoms with van der Waals surface area (Å²) in [4.78, 5) is 4.78. The molecule has 6 nitrogen and oxygen atoms in total. The minimum atomic E-state index is 0.325. The van der Waals surface area contributed by atoms with Crippen LogP contribution in [0.2, 0.25) is 0 Å². The molecule has 3 unspecified atom stereocenters. The van der Waals surface area contributed by atoms with E-state index in [0.29, 0.717) is 30.9 Å². The van der Waals surface area contributed by atoms with Gasteiger partial charge < -0.3 is 24.8 Å². The van der Waals surface area contributed by atoms with Gasteiger partial charge in [0.25, 0.3) is 0 Å². The van der Waals surface area contributed by atoms with E-state index >= 15 is 0 Å². The fourth-order valence-electron chi connectivity index (χ4n) is 4.55. The number of nitrogens with one attached hydrogen (secondary N) is 2. The van der Waals surface area contributed by atoms with Crippen molar-refractivity contribution < 1.29 is 14.2 Å². The average molecular weight is 388 g/mol. The Hall–Kier alpha value is -1.95. The van der Waals surface area contributed by atoms with Crippen LogP contribution in [0, 0.1) is 0 Å². The standard InChI is InChI=1S/C22H33N3O3/c1-3-23-22(25-18-13-17-9-11-19(18)28-17)24-14-15-8-10-20(21(12-15)26-2)27-16-6-4-5-7-16/h8,10,12,16-19H,3-7,9,11,13-14H2,1-2H3,(H2,23,24,25). The lowest BCUT2D eigenvalue weighted by atomic mass is 9.96. The second kappa shape index (κ2) is 9.03.